The van der Waals surface area contributed by atoms with Crippen molar-refractivity contribution in [1.82, 2.24) is 0 Å². The lowest BCUT2D eigenvalue weighted by Crippen LogP contribution is -2.23. The van der Waals surface area contributed by atoms with Crippen molar-refractivity contribution in [3.8, 4) is 0 Å². The molecule has 0 radical (unpaired) electrons. The van der Waals surface area contributed by atoms with Crippen LogP contribution >= 0.6 is 0 Å². The fourth-order valence-corrected chi connectivity index (χ4v) is 5.67. The molecule has 0 spiro atoms. The van der Waals surface area contributed by atoms with E-state index in [-0.39, 0.29) is 30.3 Å². The minimum absolute atomic E-state index is 0. The number of Topliss-reactive ketones (excluding diaryl/α,β-unsaturated/α-hetero) is 2. The molecule has 0 saturated carbocycles. The van der Waals surface area contributed by atoms with Crippen molar-refractivity contribution >= 4 is 17.3 Å². The molecular weight excluding hydrogens is 605 g/mol. The number of aryl methyl sites for hydroxylation is 6. The number of hydrogen-bond acceptors (Lipinski definition) is 3. The van der Waals surface area contributed by atoms with Gasteiger partial charge in [-0.25, -0.2) is 4.39 Å². The lowest BCUT2D eigenvalue weighted by Gasteiger charge is -2.16. The van der Waals surface area contributed by atoms with Gasteiger partial charge in [-0.1, -0.05) is 105 Å². The topological polar surface area (TPSA) is 46.2 Å². The van der Waals surface area contributed by atoms with E-state index in [9.17, 15) is 14.0 Å². The maximum absolute atomic E-state index is 13.7. The number of anilines is 1. The third-order valence-corrected chi connectivity index (χ3v) is 8.87. The Bertz CT molecular complexity index is 1730. The van der Waals surface area contributed by atoms with E-state index in [1.54, 1.807) is 31.4 Å². The predicted octanol–water partition coefficient (Wildman–Crippen LogP) is 11.0. The smallest absolute Gasteiger partial charge is 0.173 e. The van der Waals surface area contributed by atoms with Gasteiger partial charge in [0, 0.05) is 13.0 Å². The van der Waals surface area contributed by atoms with Crippen LogP contribution in [-0.4, -0.2) is 11.6 Å². The highest BCUT2D eigenvalue weighted by Gasteiger charge is 2.25. The van der Waals surface area contributed by atoms with Crippen molar-refractivity contribution in [1.29, 1.82) is 0 Å². The van der Waals surface area contributed by atoms with Gasteiger partial charge >= 0.3 is 0 Å². The number of allylic oxidation sites excluding steroid dienone is 4. The van der Waals surface area contributed by atoms with Crippen LogP contribution < -0.4 is 5.32 Å². The highest BCUT2D eigenvalue weighted by Crippen LogP contribution is 2.23. The molecule has 1 atom stereocenters. The molecule has 1 unspecified atom stereocenters. The Morgan fingerprint density at radius 1 is 0.816 bits per heavy atom. The van der Waals surface area contributed by atoms with E-state index in [1.165, 1.54) is 47.2 Å². The molecule has 0 amide bonds. The van der Waals surface area contributed by atoms with E-state index < -0.39 is 0 Å². The van der Waals surface area contributed by atoms with Crippen molar-refractivity contribution in [2.24, 2.45) is 5.92 Å². The van der Waals surface area contributed by atoms with Crippen LogP contribution in [-0.2, 0) is 41.7 Å². The first-order valence-electron chi connectivity index (χ1n) is 17.3. The molecule has 0 bridgehead atoms. The third-order valence-electron chi connectivity index (χ3n) is 8.87. The highest BCUT2D eigenvalue weighted by atomic mass is 19.1. The summed E-state index contributed by atoms with van der Waals surface area (Å²) in [7, 11) is 0. The molecule has 0 aliphatic heterocycles. The molecule has 49 heavy (non-hydrogen) atoms. The lowest BCUT2D eigenvalue weighted by molar-refractivity contribution is -0.122. The van der Waals surface area contributed by atoms with Gasteiger partial charge in [-0.2, -0.15) is 0 Å². The number of nitrogens with one attached hydrogen (secondary N) is 1. The minimum Gasteiger partial charge on any atom is -0.362 e. The lowest BCUT2D eigenvalue weighted by atomic mass is 9.86. The minimum atomic E-state index is -0.389. The SMILES string of the molecule is C=CNc1ccc(CCCc2ccc(CC)cc2)cc1C.CC(=O)C1=CC=CC(Cc2cc(C)c(C)c(F)c2)C1=O.CCc1ccccc1.[HH]. The molecule has 0 heterocycles. The zero-order chi connectivity index (χ0) is 35.8. The van der Waals surface area contributed by atoms with Crippen molar-refractivity contribution in [3.05, 3.63) is 172 Å². The van der Waals surface area contributed by atoms with E-state index >= 15 is 0 Å². The van der Waals surface area contributed by atoms with Gasteiger partial charge in [0.15, 0.2) is 11.6 Å². The first-order valence-corrected chi connectivity index (χ1v) is 17.3. The Kier molecular flexibility index (Phi) is 15.7. The Morgan fingerprint density at radius 2 is 1.41 bits per heavy atom. The second kappa shape index (κ2) is 19.9. The van der Waals surface area contributed by atoms with Gasteiger partial charge in [-0.05, 0) is 135 Å². The largest absolute Gasteiger partial charge is 0.362 e. The van der Waals surface area contributed by atoms with E-state index in [4.69, 9.17) is 0 Å². The first-order chi connectivity index (χ1) is 23.6. The first kappa shape index (κ1) is 38.6. The number of halogens is 1. The summed E-state index contributed by atoms with van der Waals surface area (Å²) < 4.78 is 13.7. The van der Waals surface area contributed by atoms with Crippen molar-refractivity contribution in [3.63, 3.8) is 0 Å². The maximum Gasteiger partial charge on any atom is 0.173 e. The number of rotatable bonds is 11. The zero-order valence-electron chi connectivity index (χ0n) is 30.1. The second-order valence-electron chi connectivity index (χ2n) is 12.6. The number of benzene rings is 4. The van der Waals surface area contributed by atoms with Crippen LogP contribution in [0.5, 0.6) is 0 Å². The molecule has 3 nitrogen and oxygen atoms in total. The molecule has 5 rings (SSSR count). The summed E-state index contributed by atoms with van der Waals surface area (Å²) in [5, 5.41) is 3.16. The van der Waals surface area contributed by atoms with Crippen LogP contribution in [0.2, 0.25) is 0 Å². The Balaban J connectivity index is 0.000000280. The zero-order valence-corrected chi connectivity index (χ0v) is 30.1. The van der Waals surface area contributed by atoms with Crippen LogP contribution in [0.4, 0.5) is 10.1 Å². The number of hydrogen-bond donors (Lipinski definition) is 1. The summed E-state index contributed by atoms with van der Waals surface area (Å²) in [6.45, 7) is 15.2. The second-order valence-corrected chi connectivity index (χ2v) is 12.6. The van der Waals surface area contributed by atoms with Gasteiger partial charge < -0.3 is 5.32 Å². The highest BCUT2D eigenvalue weighted by molar-refractivity contribution is 6.21. The van der Waals surface area contributed by atoms with E-state index in [1.807, 2.05) is 19.1 Å². The molecule has 258 valence electrons. The fourth-order valence-electron chi connectivity index (χ4n) is 5.67. The van der Waals surface area contributed by atoms with E-state index in [2.05, 4.69) is 99.4 Å². The average molecular weight is 660 g/mol. The Hall–Kier alpha value is -4.83. The van der Waals surface area contributed by atoms with Gasteiger partial charge in [-0.15, -0.1) is 0 Å². The molecule has 1 aliphatic rings. The van der Waals surface area contributed by atoms with Crippen LogP contribution in [0.1, 0.15) is 73.1 Å². The number of ketones is 2. The quantitative estimate of drug-likeness (QED) is 0.163. The summed E-state index contributed by atoms with van der Waals surface area (Å²) in [5.41, 5.74) is 10.6. The van der Waals surface area contributed by atoms with Gasteiger partial charge in [0.05, 0.1) is 5.57 Å². The summed E-state index contributed by atoms with van der Waals surface area (Å²) >= 11 is 0. The monoisotopic (exact) mass is 659 g/mol. The van der Waals surface area contributed by atoms with Crippen LogP contribution in [0.25, 0.3) is 0 Å². The third kappa shape index (κ3) is 12.3. The standard InChI is InChI=1S/C20H25N.C17H17FO2.C8H10.H2/c1-4-17-9-11-18(12-10-17)7-6-8-19-13-14-20(21-5-2)16(3)15-19;1-10-7-13(9-16(18)11(10)2)8-14-5-4-6-15(12(3)19)17(14)20;1-2-8-6-4-3-5-7-8;/h5,9-15,21H,2,4,6-8H2,1,3H3;4-7,9,14H,8H2,1-3H3;3-7H,2H2,1H3;1H. The molecule has 0 saturated heterocycles. The maximum atomic E-state index is 13.7. The molecule has 1 N–H and O–H groups in total. The molecule has 1 aliphatic carbocycles. The van der Waals surface area contributed by atoms with E-state index in [0.29, 0.717) is 12.0 Å². The molecular formula is C45H54FNO2. The van der Waals surface area contributed by atoms with Crippen LogP contribution in [0.3, 0.4) is 0 Å². The van der Waals surface area contributed by atoms with Gasteiger partial charge in [0.25, 0.3) is 0 Å². The van der Waals surface area contributed by atoms with Gasteiger partial charge in [0.2, 0.25) is 0 Å². The summed E-state index contributed by atoms with van der Waals surface area (Å²) in [6, 6.07) is 29.5. The van der Waals surface area contributed by atoms with Crippen molar-refractivity contribution in [2.75, 3.05) is 5.32 Å². The van der Waals surface area contributed by atoms with Crippen molar-refractivity contribution < 1.29 is 15.4 Å². The predicted molar refractivity (Wildman–Crippen MR) is 207 cm³/mol. The number of carbonyl (C=O) groups is 2. The van der Waals surface area contributed by atoms with Crippen LogP contribution in [0.15, 0.2) is 122 Å². The normalized spacial score (nSPS) is 13.3. The Morgan fingerprint density at radius 3 is 1.98 bits per heavy atom. The Labute approximate surface area is 295 Å². The summed E-state index contributed by atoms with van der Waals surface area (Å²) in [4.78, 5) is 23.6. The fraction of sp³-hybridized carbons (Fsp3) is 0.289. The molecule has 4 aromatic rings. The van der Waals surface area contributed by atoms with Crippen LogP contribution in [0, 0.1) is 32.5 Å². The molecule has 4 heteroatoms. The van der Waals surface area contributed by atoms with Gasteiger partial charge in [-0.3, -0.25) is 9.59 Å². The van der Waals surface area contributed by atoms with E-state index in [0.717, 1.165) is 42.5 Å². The average Bonchev–Trinajstić information content (AvgIpc) is 3.10. The molecule has 4 aromatic carbocycles. The summed E-state index contributed by atoms with van der Waals surface area (Å²) in [6.07, 6.45) is 12.9. The molecule has 0 fully saturated rings. The molecule has 0 aromatic heterocycles. The summed E-state index contributed by atoms with van der Waals surface area (Å²) in [5.74, 6) is -1.05. The van der Waals surface area contributed by atoms with Gasteiger partial charge in [0.1, 0.15) is 5.82 Å². The van der Waals surface area contributed by atoms with Crippen molar-refractivity contribution in [2.45, 2.75) is 80.1 Å². The number of carbonyl (C=O) groups excluding carboxylic acids is 2.